The molecule has 2 aromatic heterocycles. The summed E-state index contributed by atoms with van der Waals surface area (Å²) in [6.07, 6.45) is 3.52. The van der Waals surface area contributed by atoms with Crippen molar-refractivity contribution in [3.63, 3.8) is 0 Å². The molecule has 1 saturated carbocycles. The van der Waals surface area contributed by atoms with Crippen molar-refractivity contribution < 1.29 is 14.3 Å². The number of pyridine rings is 1. The van der Waals surface area contributed by atoms with Gasteiger partial charge in [-0.05, 0) is 56.2 Å². The van der Waals surface area contributed by atoms with Gasteiger partial charge in [-0.25, -0.2) is 4.98 Å². The minimum Gasteiger partial charge on any atom is -0.494 e. The largest absolute Gasteiger partial charge is 0.494 e. The molecule has 3 aromatic rings. The zero-order valence-corrected chi connectivity index (χ0v) is 16.0. The number of esters is 1. The highest BCUT2D eigenvalue weighted by Crippen LogP contribution is 2.48. The van der Waals surface area contributed by atoms with Gasteiger partial charge in [0.2, 0.25) is 0 Å². The zero-order valence-electron chi connectivity index (χ0n) is 16.0. The molecule has 1 aliphatic carbocycles. The Kier molecular flexibility index (Phi) is 5.46. The molecular formula is C22H25N3O3. The van der Waals surface area contributed by atoms with E-state index in [9.17, 15) is 4.79 Å². The Labute approximate surface area is 164 Å². The van der Waals surface area contributed by atoms with Crippen LogP contribution in [0.15, 0.2) is 48.7 Å². The summed E-state index contributed by atoms with van der Waals surface area (Å²) in [5.41, 5.74) is 2.17. The number of benzene rings is 1. The van der Waals surface area contributed by atoms with Crippen molar-refractivity contribution in [2.45, 2.75) is 25.7 Å². The number of carbonyl (C=O) groups excluding carboxylic acids is 1. The van der Waals surface area contributed by atoms with E-state index in [1.54, 1.807) is 6.20 Å². The molecule has 2 atom stereocenters. The van der Waals surface area contributed by atoms with Crippen LogP contribution in [0.4, 0.5) is 5.82 Å². The summed E-state index contributed by atoms with van der Waals surface area (Å²) < 4.78 is 11.0. The first-order valence-corrected chi connectivity index (χ1v) is 9.81. The number of ether oxygens (including phenoxy) is 2. The van der Waals surface area contributed by atoms with Gasteiger partial charge in [0, 0.05) is 35.3 Å². The lowest BCUT2D eigenvalue weighted by Gasteiger charge is -2.07. The van der Waals surface area contributed by atoms with E-state index >= 15 is 0 Å². The molecule has 0 spiro atoms. The normalized spacial score (nSPS) is 18.0. The Morgan fingerprint density at radius 1 is 1.29 bits per heavy atom. The summed E-state index contributed by atoms with van der Waals surface area (Å²) in [6.45, 7) is 3.72. The van der Waals surface area contributed by atoms with Crippen LogP contribution in [0.3, 0.4) is 0 Å². The first kappa shape index (κ1) is 18.3. The van der Waals surface area contributed by atoms with Gasteiger partial charge in [0.25, 0.3) is 0 Å². The van der Waals surface area contributed by atoms with Crippen molar-refractivity contribution in [1.29, 1.82) is 0 Å². The van der Waals surface area contributed by atoms with Gasteiger partial charge in [0.15, 0.2) is 0 Å². The second-order valence-corrected chi connectivity index (χ2v) is 7.02. The first-order valence-electron chi connectivity index (χ1n) is 9.81. The van der Waals surface area contributed by atoms with Crippen molar-refractivity contribution in [3.8, 4) is 5.75 Å². The third-order valence-corrected chi connectivity index (χ3v) is 4.95. The second kappa shape index (κ2) is 8.33. The third kappa shape index (κ3) is 4.27. The van der Waals surface area contributed by atoms with Crippen LogP contribution < -0.4 is 10.1 Å². The topological polar surface area (TPSA) is 76.2 Å². The first-order chi connectivity index (χ1) is 13.7. The quantitative estimate of drug-likeness (QED) is 0.432. The van der Waals surface area contributed by atoms with Crippen LogP contribution in [0.2, 0.25) is 0 Å². The van der Waals surface area contributed by atoms with E-state index in [2.05, 4.69) is 21.4 Å². The van der Waals surface area contributed by atoms with Crippen molar-refractivity contribution in [2.24, 2.45) is 5.92 Å². The summed E-state index contributed by atoms with van der Waals surface area (Å²) in [5, 5.41) is 4.38. The van der Waals surface area contributed by atoms with Gasteiger partial charge in [-0.15, -0.1) is 0 Å². The summed E-state index contributed by atoms with van der Waals surface area (Å²) in [4.78, 5) is 19.5. The monoisotopic (exact) mass is 379 g/mol. The summed E-state index contributed by atoms with van der Waals surface area (Å²) in [5.74, 6) is 1.89. The number of aromatic nitrogens is 2. The molecule has 28 heavy (non-hydrogen) atoms. The Morgan fingerprint density at radius 2 is 2.21 bits per heavy atom. The maximum absolute atomic E-state index is 11.9. The molecule has 6 heteroatoms. The molecule has 0 amide bonds. The van der Waals surface area contributed by atoms with Crippen molar-refractivity contribution in [2.75, 3.05) is 25.1 Å². The molecule has 0 bridgehead atoms. The molecule has 2 heterocycles. The number of hydrogen-bond acceptors (Lipinski definition) is 5. The Morgan fingerprint density at radius 3 is 3.04 bits per heavy atom. The van der Waals surface area contributed by atoms with E-state index in [1.807, 2.05) is 43.3 Å². The lowest BCUT2D eigenvalue weighted by molar-refractivity contribution is -0.144. The molecule has 6 nitrogen and oxygen atoms in total. The number of nitrogens with one attached hydrogen (secondary N) is 2. The van der Waals surface area contributed by atoms with E-state index in [4.69, 9.17) is 9.47 Å². The fourth-order valence-corrected chi connectivity index (χ4v) is 3.42. The number of anilines is 1. The number of fused-ring (bicyclic) bond motifs is 1. The molecular weight excluding hydrogens is 354 g/mol. The lowest BCUT2D eigenvalue weighted by atomic mass is 10.2. The van der Waals surface area contributed by atoms with Gasteiger partial charge >= 0.3 is 5.97 Å². The Bertz CT molecular complexity index is 939. The summed E-state index contributed by atoms with van der Waals surface area (Å²) >= 11 is 0. The SMILES string of the molecule is CCOC(=O)C1CC1c1cc2cc(OCCCNc3ccccn3)ccc2[nH]1. The molecule has 1 aliphatic rings. The van der Waals surface area contributed by atoms with Gasteiger partial charge in [-0.3, -0.25) is 4.79 Å². The zero-order chi connectivity index (χ0) is 19.3. The number of hydrogen-bond donors (Lipinski definition) is 2. The number of H-pyrrole nitrogens is 1. The fraction of sp³-hybridized carbons (Fsp3) is 0.364. The van der Waals surface area contributed by atoms with Crippen molar-refractivity contribution in [3.05, 3.63) is 54.4 Å². The van der Waals surface area contributed by atoms with Gasteiger partial charge in [0.05, 0.1) is 19.1 Å². The van der Waals surface area contributed by atoms with Crippen LogP contribution >= 0.6 is 0 Å². The maximum atomic E-state index is 11.9. The number of aromatic amines is 1. The van der Waals surface area contributed by atoms with Crippen LogP contribution in [0, 0.1) is 5.92 Å². The van der Waals surface area contributed by atoms with Crippen LogP contribution in [-0.2, 0) is 9.53 Å². The second-order valence-electron chi connectivity index (χ2n) is 7.02. The Hall–Kier alpha value is -3.02. The van der Waals surface area contributed by atoms with Gasteiger partial charge in [-0.1, -0.05) is 6.07 Å². The van der Waals surface area contributed by atoms with Crippen molar-refractivity contribution >= 4 is 22.7 Å². The molecule has 1 aromatic carbocycles. The molecule has 2 unspecified atom stereocenters. The van der Waals surface area contributed by atoms with Crippen LogP contribution in [0.1, 0.15) is 31.4 Å². The smallest absolute Gasteiger partial charge is 0.309 e. The lowest BCUT2D eigenvalue weighted by Crippen LogP contribution is -2.07. The van der Waals surface area contributed by atoms with Crippen LogP contribution in [-0.4, -0.2) is 35.7 Å². The highest BCUT2D eigenvalue weighted by atomic mass is 16.5. The number of carbonyl (C=O) groups is 1. The molecule has 2 N–H and O–H groups in total. The average Bonchev–Trinajstić information content (AvgIpc) is 3.41. The third-order valence-electron chi connectivity index (χ3n) is 4.95. The minimum atomic E-state index is -0.0884. The number of nitrogens with zero attached hydrogens (tertiary/aromatic N) is 1. The highest BCUT2D eigenvalue weighted by Gasteiger charge is 2.46. The minimum absolute atomic E-state index is 0.00432. The van der Waals surface area contributed by atoms with Crippen LogP contribution in [0.5, 0.6) is 5.75 Å². The predicted octanol–water partition coefficient (Wildman–Crippen LogP) is 4.11. The molecule has 4 rings (SSSR count). The standard InChI is InChI=1S/C22H25N3O3/c1-2-27-22(26)18-14-17(18)20-13-15-12-16(7-8-19(15)25-20)28-11-5-10-24-21-6-3-4-9-23-21/h3-4,6-9,12-13,17-18,25H,2,5,10-11,14H2,1H3,(H,23,24). The summed E-state index contributed by atoms with van der Waals surface area (Å²) in [6, 6.07) is 14.0. The summed E-state index contributed by atoms with van der Waals surface area (Å²) in [7, 11) is 0. The van der Waals surface area contributed by atoms with Gasteiger partial charge < -0.3 is 19.8 Å². The van der Waals surface area contributed by atoms with E-state index < -0.39 is 0 Å². The van der Waals surface area contributed by atoms with Gasteiger partial charge in [0.1, 0.15) is 11.6 Å². The van der Waals surface area contributed by atoms with E-state index in [0.717, 1.165) is 47.6 Å². The maximum Gasteiger partial charge on any atom is 0.309 e. The highest BCUT2D eigenvalue weighted by molar-refractivity contribution is 5.83. The van der Waals surface area contributed by atoms with E-state index in [0.29, 0.717) is 13.2 Å². The Balaban J connectivity index is 1.28. The van der Waals surface area contributed by atoms with Gasteiger partial charge in [-0.2, -0.15) is 0 Å². The predicted molar refractivity (Wildman–Crippen MR) is 109 cm³/mol. The molecule has 0 aliphatic heterocycles. The molecule has 146 valence electrons. The average molecular weight is 379 g/mol. The molecule has 0 radical (unpaired) electrons. The molecule has 0 saturated heterocycles. The molecule has 1 fully saturated rings. The van der Waals surface area contributed by atoms with Crippen molar-refractivity contribution in [1.82, 2.24) is 9.97 Å². The number of rotatable bonds is 9. The van der Waals surface area contributed by atoms with E-state index in [-0.39, 0.29) is 17.8 Å². The van der Waals surface area contributed by atoms with Crippen LogP contribution in [0.25, 0.3) is 10.9 Å². The van der Waals surface area contributed by atoms with E-state index in [1.165, 1.54) is 0 Å². The fourth-order valence-electron chi connectivity index (χ4n) is 3.42.